The van der Waals surface area contributed by atoms with Crippen LogP contribution in [0.4, 0.5) is 4.39 Å². The zero-order chi connectivity index (χ0) is 12.8. The third-order valence-electron chi connectivity index (χ3n) is 2.81. The van der Waals surface area contributed by atoms with Crippen molar-refractivity contribution in [1.29, 1.82) is 0 Å². The van der Waals surface area contributed by atoms with E-state index in [1.165, 1.54) is 11.6 Å². The smallest absolute Gasteiger partial charge is 0.129 e. The van der Waals surface area contributed by atoms with Gasteiger partial charge in [-0.3, -0.25) is 0 Å². The Kier molecular flexibility index (Phi) is 4.35. The molecule has 94 valence electrons. The third-order valence-corrected chi connectivity index (χ3v) is 2.81. The number of hydrogen-bond donors (Lipinski definition) is 0. The summed E-state index contributed by atoms with van der Waals surface area (Å²) in [4.78, 5) is 0. The highest BCUT2D eigenvalue weighted by molar-refractivity contribution is 5.28. The van der Waals surface area contributed by atoms with Gasteiger partial charge in [0.1, 0.15) is 18.2 Å². The van der Waals surface area contributed by atoms with Gasteiger partial charge in [-0.25, -0.2) is 4.39 Å². The summed E-state index contributed by atoms with van der Waals surface area (Å²) in [5.74, 6) is 0.554. The molecule has 0 spiro atoms. The molecule has 0 atom stereocenters. The van der Waals surface area contributed by atoms with Gasteiger partial charge in [-0.1, -0.05) is 43.7 Å². The fourth-order valence-electron chi connectivity index (χ4n) is 1.82. The number of halogens is 1. The largest absolute Gasteiger partial charge is 0.489 e. The minimum absolute atomic E-state index is 0.222. The van der Waals surface area contributed by atoms with Crippen molar-refractivity contribution < 1.29 is 9.13 Å². The maximum absolute atomic E-state index is 13.4. The molecule has 0 unspecified atom stereocenters. The Morgan fingerprint density at radius 2 is 1.72 bits per heavy atom. The van der Waals surface area contributed by atoms with Crippen LogP contribution in [-0.2, 0) is 13.0 Å². The molecule has 18 heavy (non-hydrogen) atoms. The zero-order valence-electron chi connectivity index (χ0n) is 10.5. The molecule has 0 N–H and O–H groups in total. The summed E-state index contributed by atoms with van der Waals surface area (Å²) < 4.78 is 18.9. The summed E-state index contributed by atoms with van der Waals surface area (Å²) in [7, 11) is 0. The van der Waals surface area contributed by atoms with E-state index < -0.39 is 0 Å². The van der Waals surface area contributed by atoms with Crippen molar-refractivity contribution in [2.24, 2.45) is 0 Å². The van der Waals surface area contributed by atoms with Crippen LogP contribution >= 0.6 is 0 Å². The van der Waals surface area contributed by atoms with Crippen LogP contribution in [0.2, 0.25) is 0 Å². The van der Waals surface area contributed by atoms with Gasteiger partial charge in [0.2, 0.25) is 0 Å². The molecule has 0 heterocycles. The van der Waals surface area contributed by atoms with Crippen molar-refractivity contribution in [3.63, 3.8) is 0 Å². The van der Waals surface area contributed by atoms with Crippen LogP contribution in [0, 0.1) is 5.82 Å². The predicted molar refractivity (Wildman–Crippen MR) is 71.2 cm³/mol. The maximum Gasteiger partial charge on any atom is 0.129 e. The van der Waals surface area contributed by atoms with Crippen LogP contribution in [0.5, 0.6) is 5.75 Å². The summed E-state index contributed by atoms with van der Waals surface area (Å²) in [5, 5.41) is 0. The van der Waals surface area contributed by atoms with Crippen LogP contribution in [0.25, 0.3) is 0 Å². The molecule has 2 heteroatoms. The second-order valence-electron chi connectivity index (χ2n) is 4.27. The fraction of sp³-hybridized carbons (Fsp3) is 0.250. The molecule has 0 aliphatic rings. The summed E-state index contributed by atoms with van der Waals surface area (Å²) in [5.41, 5.74) is 1.88. The van der Waals surface area contributed by atoms with Crippen LogP contribution in [0.3, 0.4) is 0 Å². The summed E-state index contributed by atoms with van der Waals surface area (Å²) in [6.07, 6.45) is 2.21. The second-order valence-corrected chi connectivity index (χ2v) is 4.27. The van der Waals surface area contributed by atoms with Gasteiger partial charge in [0.15, 0.2) is 0 Å². The normalized spacial score (nSPS) is 10.3. The first-order valence-electron chi connectivity index (χ1n) is 6.24. The lowest BCUT2D eigenvalue weighted by Crippen LogP contribution is -1.98. The van der Waals surface area contributed by atoms with Crippen LogP contribution in [-0.4, -0.2) is 0 Å². The van der Waals surface area contributed by atoms with Crippen molar-refractivity contribution in [3.05, 3.63) is 65.5 Å². The highest BCUT2D eigenvalue weighted by Crippen LogP contribution is 2.16. The summed E-state index contributed by atoms with van der Waals surface area (Å²) in [6.45, 7) is 2.42. The fourth-order valence-corrected chi connectivity index (χ4v) is 1.82. The minimum Gasteiger partial charge on any atom is -0.489 e. The molecule has 1 nitrogen and oxygen atoms in total. The Labute approximate surface area is 107 Å². The summed E-state index contributed by atoms with van der Waals surface area (Å²) >= 11 is 0. The first kappa shape index (κ1) is 12.6. The van der Waals surface area contributed by atoms with E-state index in [9.17, 15) is 4.39 Å². The molecule has 0 aliphatic carbocycles. The van der Waals surface area contributed by atoms with Gasteiger partial charge in [-0.15, -0.1) is 0 Å². The number of hydrogen-bond acceptors (Lipinski definition) is 1. The van der Waals surface area contributed by atoms with Gasteiger partial charge in [0.05, 0.1) is 0 Å². The van der Waals surface area contributed by atoms with Gasteiger partial charge in [0, 0.05) is 5.56 Å². The molecule has 2 rings (SSSR count). The second kappa shape index (κ2) is 6.20. The van der Waals surface area contributed by atoms with E-state index in [2.05, 4.69) is 19.1 Å². The van der Waals surface area contributed by atoms with E-state index in [0.717, 1.165) is 18.6 Å². The van der Waals surface area contributed by atoms with Gasteiger partial charge < -0.3 is 4.74 Å². The maximum atomic E-state index is 13.4. The Hall–Kier alpha value is -1.83. The van der Waals surface area contributed by atoms with E-state index in [1.807, 2.05) is 18.2 Å². The highest BCUT2D eigenvalue weighted by Gasteiger charge is 2.01. The average Bonchev–Trinajstić information content (AvgIpc) is 2.40. The molecule has 0 saturated carbocycles. The van der Waals surface area contributed by atoms with Crippen molar-refractivity contribution in [2.75, 3.05) is 0 Å². The quantitative estimate of drug-likeness (QED) is 0.759. The monoisotopic (exact) mass is 244 g/mol. The van der Waals surface area contributed by atoms with Crippen molar-refractivity contribution in [1.82, 2.24) is 0 Å². The lowest BCUT2D eigenvalue weighted by molar-refractivity contribution is 0.300. The Balaban J connectivity index is 1.96. The van der Waals surface area contributed by atoms with E-state index in [-0.39, 0.29) is 12.4 Å². The van der Waals surface area contributed by atoms with Crippen molar-refractivity contribution in [3.8, 4) is 5.75 Å². The zero-order valence-corrected chi connectivity index (χ0v) is 10.5. The van der Waals surface area contributed by atoms with Gasteiger partial charge in [-0.2, -0.15) is 0 Å². The van der Waals surface area contributed by atoms with Crippen molar-refractivity contribution in [2.45, 2.75) is 26.4 Å². The molecular weight excluding hydrogens is 227 g/mol. The Morgan fingerprint density at radius 3 is 2.39 bits per heavy atom. The van der Waals surface area contributed by atoms with E-state index in [4.69, 9.17) is 4.74 Å². The minimum atomic E-state index is -0.222. The lowest BCUT2D eigenvalue weighted by atomic mass is 10.1. The number of benzene rings is 2. The molecule has 0 aliphatic heterocycles. The number of rotatable bonds is 5. The Morgan fingerprint density at radius 1 is 1.00 bits per heavy atom. The van der Waals surface area contributed by atoms with Crippen LogP contribution in [0.15, 0.2) is 48.5 Å². The molecule has 0 aromatic heterocycles. The summed E-state index contributed by atoms with van der Waals surface area (Å²) in [6, 6.07) is 14.7. The molecule has 0 fully saturated rings. The molecule has 2 aromatic rings. The lowest BCUT2D eigenvalue weighted by Gasteiger charge is -2.07. The molecule has 0 bridgehead atoms. The standard InChI is InChI=1S/C16H17FO/c1-2-5-13-8-10-15(11-9-13)18-12-14-6-3-4-7-16(14)17/h3-4,6-11H,2,5,12H2,1H3. The molecule has 0 radical (unpaired) electrons. The first-order valence-corrected chi connectivity index (χ1v) is 6.24. The average molecular weight is 244 g/mol. The number of aryl methyl sites for hydroxylation is 1. The van der Waals surface area contributed by atoms with Crippen molar-refractivity contribution >= 4 is 0 Å². The van der Waals surface area contributed by atoms with Gasteiger partial charge in [-0.05, 0) is 30.2 Å². The molecule has 0 amide bonds. The van der Waals surface area contributed by atoms with Crippen LogP contribution < -0.4 is 4.74 Å². The predicted octanol–water partition coefficient (Wildman–Crippen LogP) is 4.36. The molecule has 2 aromatic carbocycles. The molecule has 0 saturated heterocycles. The van der Waals surface area contributed by atoms with Gasteiger partial charge >= 0.3 is 0 Å². The topological polar surface area (TPSA) is 9.23 Å². The molecular formula is C16H17FO. The van der Waals surface area contributed by atoms with Gasteiger partial charge in [0.25, 0.3) is 0 Å². The number of ether oxygens (including phenoxy) is 1. The highest BCUT2D eigenvalue weighted by atomic mass is 19.1. The Bertz CT molecular complexity index is 491. The third kappa shape index (κ3) is 3.33. The van der Waals surface area contributed by atoms with E-state index in [1.54, 1.807) is 12.1 Å². The van der Waals surface area contributed by atoms with E-state index >= 15 is 0 Å². The van der Waals surface area contributed by atoms with Crippen LogP contribution in [0.1, 0.15) is 24.5 Å². The SMILES string of the molecule is CCCc1ccc(OCc2ccccc2F)cc1. The van der Waals surface area contributed by atoms with E-state index in [0.29, 0.717) is 5.56 Å². The first-order chi connectivity index (χ1) is 8.79.